The van der Waals surface area contributed by atoms with Crippen molar-refractivity contribution in [2.24, 2.45) is 5.73 Å². The molecule has 7 N–H and O–H groups in total. The zero-order valence-corrected chi connectivity index (χ0v) is 22.8. The molecule has 214 valence electrons. The van der Waals surface area contributed by atoms with Crippen LogP contribution in [0.2, 0.25) is 0 Å². The molecule has 1 aliphatic heterocycles. The molecule has 2 aromatic heterocycles. The second-order valence-electron chi connectivity index (χ2n) is 9.55. The number of ether oxygens (including phenoxy) is 1. The number of aliphatic hydroxyl groups is 1. The summed E-state index contributed by atoms with van der Waals surface area (Å²) in [6.07, 6.45) is 2.40. The van der Waals surface area contributed by atoms with Gasteiger partial charge in [0.05, 0.1) is 42.6 Å². The molecule has 4 aromatic rings. The summed E-state index contributed by atoms with van der Waals surface area (Å²) < 4.78 is 20.0. The molecule has 1 aliphatic rings. The van der Waals surface area contributed by atoms with Gasteiger partial charge in [0, 0.05) is 25.4 Å². The third-order valence-electron chi connectivity index (χ3n) is 7.05. The van der Waals surface area contributed by atoms with Gasteiger partial charge >= 0.3 is 5.95 Å². The Hall–Kier alpha value is -4.75. The molecule has 0 unspecified atom stereocenters. The van der Waals surface area contributed by atoms with Gasteiger partial charge < -0.3 is 25.8 Å². The zero-order chi connectivity index (χ0) is 29.1. The molecule has 0 radical (unpaired) electrons. The molecule has 0 aliphatic carbocycles. The van der Waals surface area contributed by atoms with Crippen LogP contribution >= 0.6 is 0 Å². The molecule has 2 aromatic carbocycles. The first kappa shape index (κ1) is 27.8. The van der Waals surface area contributed by atoms with Crippen LogP contribution in [-0.2, 0) is 11.2 Å². The van der Waals surface area contributed by atoms with Crippen molar-refractivity contribution in [1.82, 2.24) is 14.9 Å². The molecule has 0 fully saturated rings. The van der Waals surface area contributed by atoms with E-state index in [9.17, 15) is 19.1 Å². The van der Waals surface area contributed by atoms with Gasteiger partial charge in [0.25, 0.3) is 5.91 Å². The number of aromatic amines is 2. The van der Waals surface area contributed by atoms with Crippen LogP contribution in [0.4, 0.5) is 33.2 Å². The highest BCUT2D eigenvalue weighted by Gasteiger charge is 2.28. The first-order chi connectivity index (χ1) is 19.8. The number of carbonyl (C=O) groups excluding carboxylic acids is 2. The SMILES string of the molecule is CCN(CCO)CC(=O)N1CCc2cc(OC)c(Nc3nc(Nc4cccc(F)c4C(N)=O)c4cc[nH]c4[nH+]3)cc21. The Morgan fingerprint density at radius 2 is 2.10 bits per heavy atom. The number of aromatic nitrogens is 3. The lowest BCUT2D eigenvalue weighted by Gasteiger charge is -2.24. The predicted octanol–water partition coefficient (Wildman–Crippen LogP) is 2.31. The van der Waals surface area contributed by atoms with Crippen LogP contribution < -0.4 is 31.0 Å². The number of hydrogen-bond acceptors (Lipinski definition) is 8. The lowest BCUT2D eigenvalue weighted by Crippen LogP contribution is -2.40. The minimum atomic E-state index is -0.905. The van der Waals surface area contributed by atoms with Crippen LogP contribution in [0.5, 0.6) is 5.75 Å². The van der Waals surface area contributed by atoms with Gasteiger partial charge in [-0.05, 0) is 42.8 Å². The third-order valence-corrected chi connectivity index (χ3v) is 7.05. The summed E-state index contributed by atoms with van der Waals surface area (Å²) in [6.45, 7) is 3.75. The Labute approximate surface area is 235 Å². The smallest absolute Gasteiger partial charge is 0.351 e. The summed E-state index contributed by atoms with van der Waals surface area (Å²) in [5.74, 6) is -0.485. The summed E-state index contributed by atoms with van der Waals surface area (Å²) in [7, 11) is 1.56. The summed E-state index contributed by atoms with van der Waals surface area (Å²) in [5, 5.41) is 16.2. The number of rotatable bonds is 11. The van der Waals surface area contributed by atoms with Crippen LogP contribution in [0.3, 0.4) is 0 Å². The Morgan fingerprint density at radius 3 is 2.83 bits per heavy atom. The second-order valence-corrected chi connectivity index (χ2v) is 9.55. The number of likely N-dealkylation sites (N-methyl/N-ethyl adjacent to an activating group) is 1. The fraction of sp³-hybridized carbons (Fsp3) is 0.286. The number of nitrogens with two attached hydrogens (primary N) is 1. The highest BCUT2D eigenvalue weighted by molar-refractivity contribution is 6.01. The van der Waals surface area contributed by atoms with E-state index in [4.69, 9.17) is 10.5 Å². The van der Waals surface area contributed by atoms with Crippen molar-refractivity contribution in [2.75, 3.05) is 55.4 Å². The molecule has 41 heavy (non-hydrogen) atoms. The van der Waals surface area contributed by atoms with E-state index in [2.05, 4.69) is 25.6 Å². The average molecular weight is 564 g/mol. The quantitative estimate of drug-likeness (QED) is 0.186. The minimum absolute atomic E-state index is 0.0163. The molecule has 5 rings (SSSR count). The lowest BCUT2D eigenvalue weighted by molar-refractivity contribution is -0.333. The van der Waals surface area contributed by atoms with Crippen LogP contribution in [0, 0.1) is 5.82 Å². The van der Waals surface area contributed by atoms with Crippen molar-refractivity contribution < 1.29 is 28.8 Å². The van der Waals surface area contributed by atoms with Crippen LogP contribution in [0.15, 0.2) is 42.6 Å². The molecular weight excluding hydrogens is 531 g/mol. The number of aliphatic hydroxyl groups excluding tert-OH is 1. The summed E-state index contributed by atoms with van der Waals surface area (Å²) in [4.78, 5) is 39.7. The number of anilines is 5. The zero-order valence-electron chi connectivity index (χ0n) is 22.8. The van der Waals surface area contributed by atoms with E-state index in [0.29, 0.717) is 60.3 Å². The predicted molar refractivity (Wildman–Crippen MR) is 152 cm³/mol. The molecule has 12 nitrogen and oxygen atoms in total. The van der Waals surface area contributed by atoms with Crippen molar-refractivity contribution in [1.29, 1.82) is 0 Å². The van der Waals surface area contributed by atoms with Gasteiger partial charge in [-0.15, -0.1) is 0 Å². The van der Waals surface area contributed by atoms with Gasteiger partial charge in [0.1, 0.15) is 11.5 Å². The van der Waals surface area contributed by atoms with E-state index < -0.39 is 11.7 Å². The summed E-state index contributed by atoms with van der Waals surface area (Å²) >= 11 is 0. The number of nitrogens with one attached hydrogen (secondary N) is 4. The Morgan fingerprint density at radius 1 is 1.27 bits per heavy atom. The number of halogens is 1. The van der Waals surface area contributed by atoms with E-state index in [1.807, 2.05) is 24.0 Å². The number of fused-ring (bicyclic) bond motifs is 2. The van der Waals surface area contributed by atoms with Crippen molar-refractivity contribution in [2.45, 2.75) is 13.3 Å². The van der Waals surface area contributed by atoms with Gasteiger partial charge in [-0.25, -0.2) is 9.37 Å². The number of amides is 2. The van der Waals surface area contributed by atoms with Crippen molar-refractivity contribution >= 4 is 51.7 Å². The van der Waals surface area contributed by atoms with Crippen molar-refractivity contribution in [3.63, 3.8) is 0 Å². The molecule has 0 atom stereocenters. The van der Waals surface area contributed by atoms with E-state index in [0.717, 1.165) is 17.3 Å². The number of primary amides is 1. The summed E-state index contributed by atoms with van der Waals surface area (Å²) in [6, 6.07) is 9.71. The Bertz CT molecular complexity index is 1610. The molecule has 13 heteroatoms. The molecule has 3 heterocycles. The first-order valence-corrected chi connectivity index (χ1v) is 13.2. The van der Waals surface area contributed by atoms with Crippen LogP contribution in [0.25, 0.3) is 11.0 Å². The topological polar surface area (TPSA) is 163 Å². The maximum Gasteiger partial charge on any atom is 0.351 e. The first-order valence-electron chi connectivity index (χ1n) is 13.2. The average Bonchev–Trinajstić information content (AvgIpc) is 3.59. The number of hydrogen-bond donors (Lipinski definition) is 5. The van der Waals surface area contributed by atoms with Gasteiger partial charge in [0.15, 0.2) is 5.75 Å². The monoisotopic (exact) mass is 563 g/mol. The fourth-order valence-corrected chi connectivity index (χ4v) is 4.98. The van der Waals surface area contributed by atoms with E-state index >= 15 is 0 Å². The van der Waals surface area contributed by atoms with E-state index in [1.165, 1.54) is 6.07 Å². The standard InChI is InChI=1S/C28H31FN8O4/c1-3-36(11-12-38)15-23(39)37-10-8-16-13-22(41-2)20(14-21(16)37)33-28-34-26-17(7-9-31-26)27(35-28)32-19-6-4-5-18(29)24(19)25(30)40/h4-7,9,13-14,38H,3,8,10-12,15H2,1-2H3,(H2,30,40)(H3,31,32,33,34,35)/p+1. The highest BCUT2D eigenvalue weighted by atomic mass is 19.1. The highest BCUT2D eigenvalue weighted by Crippen LogP contribution is 2.38. The molecule has 0 spiro atoms. The maximum atomic E-state index is 14.4. The van der Waals surface area contributed by atoms with Crippen molar-refractivity contribution in [3.05, 3.63) is 59.5 Å². The molecular formula is C28H32FN8O4+. The third kappa shape index (κ3) is 5.62. The van der Waals surface area contributed by atoms with Gasteiger partial charge in [-0.2, -0.15) is 0 Å². The molecule has 0 saturated carbocycles. The second kappa shape index (κ2) is 11.8. The van der Waals surface area contributed by atoms with Gasteiger partial charge in [0.2, 0.25) is 17.4 Å². The fourth-order valence-electron chi connectivity index (χ4n) is 4.98. The number of nitrogens with zero attached hydrogens (tertiary/aromatic N) is 3. The number of H-pyrrole nitrogens is 2. The van der Waals surface area contributed by atoms with E-state index in [-0.39, 0.29) is 30.3 Å². The van der Waals surface area contributed by atoms with E-state index in [1.54, 1.807) is 30.3 Å². The number of carbonyl (C=O) groups is 2. The minimum Gasteiger partial charge on any atom is -0.493 e. The van der Waals surface area contributed by atoms with Gasteiger partial charge in [-0.3, -0.25) is 24.8 Å². The molecule has 0 saturated heterocycles. The summed E-state index contributed by atoms with van der Waals surface area (Å²) in [5.41, 5.74) is 8.27. The van der Waals surface area contributed by atoms with Crippen LogP contribution in [0.1, 0.15) is 22.8 Å². The largest absolute Gasteiger partial charge is 0.493 e. The maximum absolute atomic E-state index is 14.4. The lowest BCUT2D eigenvalue weighted by atomic mass is 10.1. The Balaban J connectivity index is 1.48. The normalized spacial score (nSPS) is 12.6. The molecule has 2 amide bonds. The van der Waals surface area contributed by atoms with Gasteiger partial charge in [-0.1, -0.05) is 18.0 Å². The van der Waals surface area contributed by atoms with Crippen molar-refractivity contribution in [3.8, 4) is 5.75 Å². The van der Waals surface area contributed by atoms with Crippen LogP contribution in [-0.4, -0.2) is 71.7 Å². The Kier molecular flexibility index (Phi) is 7.99. The molecule has 0 bridgehead atoms. The number of benzene rings is 2. The number of methoxy groups -OCH3 is 1.